The Hall–Kier alpha value is -1.02. The van der Waals surface area contributed by atoms with Crippen molar-refractivity contribution < 1.29 is 10.2 Å². The van der Waals surface area contributed by atoms with Crippen molar-refractivity contribution in [2.24, 2.45) is 0 Å². The highest BCUT2D eigenvalue weighted by Gasteiger charge is 1.95. The van der Waals surface area contributed by atoms with Gasteiger partial charge >= 0.3 is 0 Å². The van der Waals surface area contributed by atoms with E-state index in [1.807, 2.05) is 0 Å². The highest BCUT2D eigenvalue weighted by atomic mass is 16.3. The first-order valence-corrected chi connectivity index (χ1v) is 3.15. The fourth-order valence-electron chi connectivity index (χ4n) is 0.746. The van der Waals surface area contributed by atoms with Gasteiger partial charge in [0.15, 0.2) is 0 Å². The van der Waals surface area contributed by atoms with Crippen LogP contribution in [0.25, 0.3) is 0 Å². The Bertz CT molecular complexity index is 201. The van der Waals surface area contributed by atoms with Crippen LogP contribution in [0.4, 0.5) is 0 Å². The second kappa shape index (κ2) is 2.71. The monoisotopic (exact) mass is 137 g/mol. The maximum Gasteiger partial charge on any atom is 0.0761 e. The zero-order valence-electron chi connectivity index (χ0n) is 5.74. The largest absolute Gasteiger partial charge is 0.872 e. The van der Waals surface area contributed by atoms with E-state index in [1.165, 1.54) is 12.1 Å². The van der Waals surface area contributed by atoms with Crippen LogP contribution in [0.2, 0.25) is 0 Å². The Morgan fingerprint density at radius 1 is 1.30 bits per heavy atom. The molecular weight excluding hydrogens is 128 g/mol. The Morgan fingerprint density at radius 2 is 1.80 bits per heavy atom. The minimum Gasteiger partial charge on any atom is -0.872 e. The van der Waals surface area contributed by atoms with Gasteiger partial charge in [0.2, 0.25) is 0 Å². The Balaban J connectivity index is 2.89. The van der Waals surface area contributed by atoms with Crippen molar-refractivity contribution in [3.63, 3.8) is 0 Å². The fourth-order valence-corrected chi connectivity index (χ4v) is 0.746. The molecule has 0 saturated carbocycles. The maximum atomic E-state index is 10.6. The van der Waals surface area contributed by atoms with Crippen molar-refractivity contribution in [3.8, 4) is 5.75 Å². The topological polar surface area (TPSA) is 43.3 Å². The first-order chi connectivity index (χ1) is 4.70. The van der Waals surface area contributed by atoms with Crippen molar-refractivity contribution in [2.75, 3.05) is 0 Å². The number of hydrogen-bond donors (Lipinski definition) is 1. The molecule has 1 aromatic rings. The predicted molar refractivity (Wildman–Crippen MR) is 36.5 cm³/mol. The van der Waals surface area contributed by atoms with Crippen LogP contribution in [0.5, 0.6) is 5.75 Å². The van der Waals surface area contributed by atoms with Gasteiger partial charge in [-0.05, 0) is 12.5 Å². The summed E-state index contributed by atoms with van der Waals surface area (Å²) in [4.78, 5) is 0. The van der Waals surface area contributed by atoms with Crippen molar-refractivity contribution in [3.05, 3.63) is 29.8 Å². The third-order valence-corrected chi connectivity index (χ3v) is 1.36. The Morgan fingerprint density at radius 3 is 2.20 bits per heavy atom. The van der Waals surface area contributed by atoms with Gasteiger partial charge in [-0.2, -0.15) is 0 Å². The second-order valence-electron chi connectivity index (χ2n) is 2.25. The van der Waals surface area contributed by atoms with E-state index in [-0.39, 0.29) is 5.75 Å². The van der Waals surface area contributed by atoms with Gasteiger partial charge in [0.25, 0.3) is 0 Å². The first-order valence-electron chi connectivity index (χ1n) is 3.15. The summed E-state index contributed by atoms with van der Waals surface area (Å²) in [7, 11) is 0. The van der Waals surface area contributed by atoms with Gasteiger partial charge < -0.3 is 10.2 Å². The van der Waals surface area contributed by atoms with Crippen LogP contribution in [0.15, 0.2) is 24.3 Å². The van der Waals surface area contributed by atoms with Crippen molar-refractivity contribution in [2.45, 2.75) is 13.0 Å². The summed E-state index contributed by atoms with van der Waals surface area (Å²) in [6, 6.07) is 6.16. The van der Waals surface area contributed by atoms with Crippen LogP contribution in [0.3, 0.4) is 0 Å². The maximum absolute atomic E-state index is 10.6. The fraction of sp³-hybridized carbons (Fsp3) is 0.250. The molecule has 0 fully saturated rings. The average molecular weight is 137 g/mol. The molecule has 54 valence electrons. The Kier molecular flexibility index (Phi) is 1.92. The third kappa shape index (κ3) is 1.48. The van der Waals surface area contributed by atoms with E-state index in [0.717, 1.165) is 5.56 Å². The molecule has 0 aliphatic rings. The van der Waals surface area contributed by atoms with Crippen LogP contribution >= 0.6 is 0 Å². The highest BCUT2D eigenvalue weighted by Crippen LogP contribution is 2.13. The predicted octanol–water partition coefficient (Wildman–Crippen LogP) is 0.813. The lowest BCUT2D eigenvalue weighted by Crippen LogP contribution is -1.92. The van der Waals surface area contributed by atoms with Gasteiger partial charge in [0, 0.05) is 0 Å². The molecule has 0 bridgehead atoms. The summed E-state index contributed by atoms with van der Waals surface area (Å²) in [5, 5.41) is 19.6. The molecule has 1 rings (SSSR count). The molecule has 0 aliphatic carbocycles. The third-order valence-electron chi connectivity index (χ3n) is 1.36. The molecular formula is C8H9O2-. The average Bonchev–Trinajstić information content (AvgIpc) is 1.88. The molecule has 1 unspecified atom stereocenters. The summed E-state index contributed by atoms with van der Waals surface area (Å²) < 4.78 is 0. The number of hydrogen-bond acceptors (Lipinski definition) is 2. The molecule has 0 aromatic heterocycles. The molecule has 1 aromatic carbocycles. The minimum atomic E-state index is -0.486. The Labute approximate surface area is 59.7 Å². The summed E-state index contributed by atoms with van der Waals surface area (Å²) in [6.45, 7) is 1.67. The standard InChI is InChI=1S/C8H10O2/c1-6(9)7-2-4-8(10)5-3-7/h2-6,9-10H,1H3/p-1. The van der Waals surface area contributed by atoms with E-state index in [1.54, 1.807) is 19.1 Å². The summed E-state index contributed by atoms with van der Waals surface area (Å²) in [5.41, 5.74) is 0.777. The number of benzene rings is 1. The molecule has 0 aliphatic heterocycles. The van der Waals surface area contributed by atoms with E-state index in [0.29, 0.717) is 0 Å². The van der Waals surface area contributed by atoms with Gasteiger partial charge in [0.05, 0.1) is 6.10 Å². The van der Waals surface area contributed by atoms with E-state index in [2.05, 4.69) is 0 Å². The van der Waals surface area contributed by atoms with Crippen LogP contribution in [-0.4, -0.2) is 5.11 Å². The minimum absolute atomic E-state index is 0.0237. The molecule has 2 nitrogen and oxygen atoms in total. The highest BCUT2D eigenvalue weighted by molar-refractivity contribution is 5.25. The molecule has 0 amide bonds. The van der Waals surface area contributed by atoms with Crippen molar-refractivity contribution >= 4 is 0 Å². The van der Waals surface area contributed by atoms with E-state index in [4.69, 9.17) is 5.11 Å². The number of aliphatic hydroxyl groups is 1. The first kappa shape index (κ1) is 7.09. The van der Waals surface area contributed by atoms with Gasteiger partial charge in [-0.1, -0.05) is 24.3 Å². The van der Waals surface area contributed by atoms with Crippen LogP contribution in [0, 0.1) is 0 Å². The molecule has 1 N–H and O–H groups in total. The molecule has 10 heavy (non-hydrogen) atoms. The zero-order chi connectivity index (χ0) is 7.56. The molecule has 1 atom stereocenters. The van der Waals surface area contributed by atoms with E-state index in [9.17, 15) is 5.11 Å². The van der Waals surface area contributed by atoms with Crippen LogP contribution in [-0.2, 0) is 0 Å². The summed E-state index contributed by atoms with van der Waals surface area (Å²) >= 11 is 0. The van der Waals surface area contributed by atoms with Crippen LogP contribution < -0.4 is 5.11 Å². The van der Waals surface area contributed by atoms with Crippen LogP contribution in [0.1, 0.15) is 18.6 Å². The summed E-state index contributed by atoms with van der Waals surface area (Å²) in [5.74, 6) is -0.0237. The van der Waals surface area contributed by atoms with E-state index >= 15 is 0 Å². The number of aliphatic hydroxyl groups excluding tert-OH is 1. The second-order valence-corrected chi connectivity index (χ2v) is 2.25. The van der Waals surface area contributed by atoms with E-state index < -0.39 is 6.10 Å². The van der Waals surface area contributed by atoms with Gasteiger partial charge in [-0.15, -0.1) is 5.75 Å². The molecule has 0 radical (unpaired) electrons. The smallest absolute Gasteiger partial charge is 0.0761 e. The van der Waals surface area contributed by atoms with Crippen molar-refractivity contribution in [1.82, 2.24) is 0 Å². The lowest BCUT2D eigenvalue weighted by Gasteiger charge is -2.07. The SMILES string of the molecule is CC(O)c1ccc([O-])cc1. The lowest BCUT2D eigenvalue weighted by atomic mass is 10.1. The molecule has 2 heteroatoms. The zero-order valence-corrected chi connectivity index (χ0v) is 5.74. The normalized spacial score (nSPS) is 13.0. The van der Waals surface area contributed by atoms with Gasteiger partial charge in [0.1, 0.15) is 0 Å². The lowest BCUT2D eigenvalue weighted by molar-refractivity contribution is -0.268. The molecule has 0 saturated heterocycles. The molecule has 0 heterocycles. The number of rotatable bonds is 1. The van der Waals surface area contributed by atoms with Gasteiger partial charge in [-0.3, -0.25) is 0 Å². The quantitative estimate of drug-likeness (QED) is 0.622. The van der Waals surface area contributed by atoms with Gasteiger partial charge in [-0.25, -0.2) is 0 Å². The molecule has 0 spiro atoms. The summed E-state index contributed by atoms with van der Waals surface area (Å²) in [6.07, 6.45) is -0.486. The van der Waals surface area contributed by atoms with Crippen molar-refractivity contribution in [1.29, 1.82) is 0 Å².